The summed E-state index contributed by atoms with van der Waals surface area (Å²) in [4.78, 5) is 10.8. The molecule has 1 aromatic carbocycles. The summed E-state index contributed by atoms with van der Waals surface area (Å²) >= 11 is 3.45. The molecule has 0 saturated heterocycles. The number of thioether (sulfide) groups is 1. The summed E-state index contributed by atoms with van der Waals surface area (Å²) in [5, 5.41) is 17.9. The van der Waals surface area contributed by atoms with Gasteiger partial charge in [0.2, 0.25) is 0 Å². The van der Waals surface area contributed by atoms with Crippen LogP contribution in [0.1, 0.15) is 20.8 Å². The average Bonchev–Trinajstić information content (AvgIpc) is 2.80. The van der Waals surface area contributed by atoms with E-state index in [4.69, 9.17) is 5.11 Å². The Balaban J connectivity index is 2.49. The normalized spacial score (nSPS) is 11.6. The quantitative estimate of drug-likeness (QED) is 0.610. The summed E-state index contributed by atoms with van der Waals surface area (Å²) in [6.45, 7) is 6.16. The van der Waals surface area contributed by atoms with E-state index in [1.165, 1.54) is 11.8 Å². The molecule has 0 atom stereocenters. The molecule has 0 amide bonds. The lowest BCUT2D eigenvalue weighted by molar-refractivity contribution is -0.133. The molecule has 2 aromatic rings. The topological polar surface area (TPSA) is 68.0 Å². The van der Waals surface area contributed by atoms with Gasteiger partial charge in [-0.3, -0.25) is 9.36 Å². The Labute approximate surface area is 141 Å². The van der Waals surface area contributed by atoms with Crippen LogP contribution in [0.25, 0.3) is 11.4 Å². The third kappa shape index (κ3) is 3.97. The molecule has 7 heteroatoms. The van der Waals surface area contributed by atoms with E-state index in [0.29, 0.717) is 5.16 Å². The molecule has 5 nitrogen and oxygen atoms in total. The fraction of sp³-hybridized carbons (Fsp3) is 0.357. The van der Waals surface area contributed by atoms with Crippen molar-refractivity contribution in [2.45, 2.75) is 31.5 Å². The van der Waals surface area contributed by atoms with E-state index in [0.717, 1.165) is 15.0 Å². The van der Waals surface area contributed by atoms with Crippen molar-refractivity contribution in [3.8, 4) is 11.4 Å². The molecule has 0 aliphatic rings. The Morgan fingerprint density at radius 3 is 2.67 bits per heavy atom. The summed E-state index contributed by atoms with van der Waals surface area (Å²) < 4.78 is 3.11. The molecule has 1 N–H and O–H groups in total. The molecule has 0 aliphatic heterocycles. The van der Waals surface area contributed by atoms with Crippen molar-refractivity contribution in [3.63, 3.8) is 0 Å². The number of aliphatic carboxylic acids is 1. The first-order chi connectivity index (χ1) is 9.79. The zero-order valence-corrected chi connectivity index (χ0v) is 15.0. The number of carboxylic acids is 1. The van der Waals surface area contributed by atoms with E-state index >= 15 is 0 Å². The van der Waals surface area contributed by atoms with Crippen molar-refractivity contribution < 1.29 is 9.90 Å². The number of carboxylic acid groups (broad SMARTS) is 1. The van der Waals surface area contributed by atoms with E-state index in [2.05, 4.69) is 53.6 Å². The van der Waals surface area contributed by atoms with Gasteiger partial charge in [0.1, 0.15) is 0 Å². The molecule has 0 unspecified atom stereocenters. The first-order valence-electron chi connectivity index (χ1n) is 6.35. The summed E-state index contributed by atoms with van der Waals surface area (Å²) in [6, 6.07) is 8.02. The van der Waals surface area contributed by atoms with Crippen LogP contribution in [-0.2, 0) is 10.3 Å². The summed E-state index contributed by atoms with van der Waals surface area (Å²) in [5.41, 5.74) is 0.743. The van der Waals surface area contributed by atoms with Gasteiger partial charge in [-0.2, -0.15) is 0 Å². The lowest BCUT2D eigenvalue weighted by atomic mass is 10.1. The second-order valence-electron chi connectivity index (χ2n) is 5.51. The molecule has 112 valence electrons. The summed E-state index contributed by atoms with van der Waals surface area (Å²) in [5.74, 6) is -0.131. The zero-order chi connectivity index (χ0) is 15.6. The average molecular weight is 417 g/mol. The van der Waals surface area contributed by atoms with E-state index in [1.54, 1.807) is 0 Å². The standard InChI is InChI=1S/C14H16IN3O2S/c1-14(2,3)18-12(9-5-4-6-10(15)7-9)16-17-13(18)21-8-11(19)20/h4-7H,8H2,1-3H3,(H,19,20). The molecule has 0 aliphatic carbocycles. The van der Waals surface area contributed by atoms with Gasteiger partial charge in [-0.05, 0) is 55.5 Å². The minimum atomic E-state index is -0.862. The third-order valence-corrected chi connectivity index (χ3v) is 4.30. The van der Waals surface area contributed by atoms with Gasteiger partial charge >= 0.3 is 5.97 Å². The van der Waals surface area contributed by atoms with Crippen LogP contribution in [0.15, 0.2) is 29.4 Å². The molecule has 0 radical (unpaired) electrons. The van der Waals surface area contributed by atoms with E-state index in [9.17, 15) is 4.79 Å². The van der Waals surface area contributed by atoms with Gasteiger partial charge in [-0.25, -0.2) is 0 Å². The summed E-state index contributed by atoms with van der Waals surface area (Å²) in [7, 11) is 0. The number of rotatable bonds is 4. The number of halogens is 1. The lowest BCUT2D eigenvalue weighted by Gasteiger charge is -2.24. The van der Waals surface area contributed by atoms with Gasteiger partial charge in [-0.1, -0.05) is 23.9 Å². The molecular weight excluding hydrogens is 401 g/mol. The maximum atomic E-state index is 10.8. The predicted octanol–water partition coefficient (Wildman–Crippen LogP) is 3.48. The van der Waals surface area contributed by atoms with Gasteiger partial charge < -0.3 is 5.11 Å². The van der Waals surface area contributed by atoms with E-state index < -0.39 is 5.97 Å². The largest absolute Gasteiger partial charge is 0.481 e. The Hall–Kier alpha value is -1.09. The fourth-order valence-corrected chi connectivity index (χ4v) is 3.29. The maximum Gasteiger partial charge on any atom is 0.313 e. The second-order valence-corrected chi connectivity index (χ2v) is 7.69. The Morgan fingerprint density at radius 2 is 2.10 bits per heavy atom. The minimum Gasteiger partial charge on any atom is -0.481 e. The maximum absolute atomic E-state index is 10.8. The van der Waals surface area contributed by atoms with Crippen molar-refractivity contribution in [1.82, 2.24) is 14.8 Å². The Bertz CT molecular complexity index is 664. The molecule has 1 aromatic heterocycles. The van der Waals surface area contributed by atoms with E-state index in [-0.39, 0.29) is 11.3 Å². The highest BCUT2D eigenvalue weighted by atomic mass is 127. The molecule has 2 rings (SSSR count). The van der Waals surface area contributed by atoms with Gasteiger partial charge in [0, 0.05) is 14.7 Å². The first kappa shape index (κ1) is 16.3. The second kappa shape index (κ2) is 6.35. The van der Waals surface area contributed by atoms with Gasteiger partial charge in [0.15, 0.2) is 11.0 Å². The minimum absolute atomic E-state index is 0.0272. The summed E-state index contributed by atoms with van der Waals surface area (Å²) in [6.07, 6.45) is 0. The molecule has 0 bridgehead atoms. The number of aromatic nitrogens is 3. The van der Waals surface area contributed by atoms with Gasteiger partial charge in [0.25, 0.3) is 0 Å². The van der Waals surface area contributed by atoms with Crippen molar-refractivity contribution in [2.24, 2.45) is 0 Å². The molecule has 0 spiro atoms. The highest BCUT2D eigenvalue weighted by molar-refractivity contribution is 14.1. The molecular formula is C14H16IN3O2S. The van der Waals surface area contributed by atoms with Crippen molar-refractivity contribution in [2.75, 3.05) is 5.75 Å². The van der Waals surface area contributed by atoms with Gasteiger partial charge in [0.05, 0.1) is 5.75 Å². The van der Waals surface area contributed by atoms with Crippen LogP contribution < -0.4 is 0 Å². The van der Waals surface area contributed by atoms with Crippen LogP contribution in [0, 0.1) is 3.57 Å². The van der Waals surface area contributed by atoms with Crippen LogP contribution >= 0.6 is 34.4 Å². The number of benzene rings is 1. The van der Waals surface area contributed by atoms with E-state index in [1.807, 2.05) is 28.8 Å². The van der Waals surface area contributed by atoms with Crippen LogP contribution in [0.2, 0.25) is 0 Å². The molecule has 0 fully saturated rings. The number of nitrogens with zero attached hydrogens (tertiary/aromatic N) is 3. The van der Waals surface area contributed by atoms with Gasteiger partial charge in [-0.15, -0.1) is 10.2 Å². The SMILES string of the molecule is CC(C)(C)n1c(SCC(=O)O)nnc1-c1cccc(I)c1. The molecule has 21 heavy (non-hydrogen) atoms. The van der Waals surface area contributed by atoms with Crippen LogP contribution in [0.3, 0.4) is 0 Å². The van der Waals surface area contributed by atoms with Crippen molar-refractivity contribution in [1.29, 1.82) is 0 Å². The fourth-order valence-electron chi connectivity index (χ4n) is 1.91. The zero-order valence-electron chi connectivity index (χ0n) is 12.0. The first-order valence-corrected chi connectivity index (χ1v) is 8.42. The van der Waals surface area contributed by atoms with Crippen LogP contribution in [0.4, 0.5) is 0 Å². The Kier molecular flexibility index (Phi) is 4.92. The lowest BCUT2D eigenvalue weighted by Crippen LogP contribution is -2.24. The smallest absolute Gasteiger partial charge is 0.313 e. The number of hydrogen-bond donors (Lipinski definition) is 1. The number of carbonyl (C=O) groups is 1. The molecule has 0 saturated carbocycles. The molecule has 1 heterocycles. The predicted molar refractivity (Wildman–Crippen MR) is 91.5 cm³/mol. The van der Waals surface area contributed by atoms with Crippen molar-refractivity contribution >= 4 is 40.3 Å². The van der Waals surface area contributed by atoms with Crippen LogP contribution in [0.5, 0.6) is 0 Å². The highest BCUT2D eigenvalue weighted by Crippen LogP contribution is 2.31. The highest BCUT2D eigenvalue weighted by Gasteiger charge is 2.24. The number of hydrogen-bond acceptors (Lipinski definition) is 4. The Morgan fingerprint density at radius 1 is 1.38 bits per heavy atom. The van der Waals surface area contributed by atoms with Crippen molar-refractivity contribution in [3.05, 3.63) is 27.8 Å². The third-order valence-electron chi connectivity index (χ3n) is 2.71. The van der Waals surface area contributed by atoms with Crippen LogP contribution in [-0.4, -0.2) is 31.6 Å². The monoisotopic (exact) mass is 417 g/mol.